The lowest BCUT2D eigenvalue weighted by Gasteiger charge is -2.15. The first kappa shape index (κ1) is 20.8. The molecule has 1 aliphatic rings. The van der Waals surface area contributed by atoms with Crippen molar-refractivity contribution in [1.29, 1.82) is 0 Å². The van der Waals surface area contributed by atoms with Gasteiger partial charge in [0.2, 0.25) is 0 Å². The molecule has 9 heteroatoms. The zero-order valence-corrected chi connectivity index (χ0v) is 17.5. The molecule has 0 bridgehead atoms. The highest BCUT2D eigenvalue weighted by atomic mass is 19.2. The normalized spacial score (nSPS) is 14.2. The summed E-state index contributed by atoms with van der Waals surface area (Å²) in [5.74, 6) is -0.223. The Morgan fingerprint density at radius 1 is 0.939 bits per heavy atom. The van der Waals surface area contributed by atoms with E-state index in [2.05, 4.69) is 15.3 Å². The molecule has 0 spiro atoms. The Balaban J connectivity index is 1.64. The maximum Gasteiger partial charge on any atom is 0.679 e. The summed E-state index contributed by atoms with van der Waals surface area (Å²) in [5.41, 5.74) is 4.40. The van der Waals surface area contributed by atoms with E-state index in [9.17, 15) is 13.0 Å². The molecule has 4 aromatic rings. The van der Waals surface area contributed by atoms with Crippen LogP contribution in [0.2, 0.25) is 0 Å². The summed E-state index contributed by atoms with van der Waals surface area (Å²) in [4.78, 5) is 4.36. The van der Waals surface area contributed by atoms with Crippen LogP contribution in [0.3, 0.4) is 0 Å². The summed E-state index contributed by atoms with van der Waals surface area (Å²) < 4.78 is 44.2. The molecule has 0 unspecified atom stereocenters. The van der Waals surface area contributed by atoms with Crippen molar-refractivity contribution in [2.45, 2.75) is 6.92 Å². The van der Waals surface area contributed by atoms with Crippen LogP contribution in [0, 0.1) is 12.7 Å². The van der Waals surface area contributed by atoms with Crippen LogP contribution in [0.15, 0.2) is 89.7 Å². The number of rotatable bonds is 5. The zero-order valence-electron chi connectivity index (χ0n) is 17.5. The predicted octanol–water partition coefficient (Wildman–Crippen LogP) is 5.36. The number of nitrogens with zero attached hydrogens (tertiary/aromatic N) is 5. The van der Waals surface area contributed by atoms with Gasteiger partial charge in [-0.25, -0.2) is 9.07 Å². The van der Waals surface area contributed by atoms with E-state index in [0.29, 0.717) is 28.2 Å². The van der Waals surface area contributed by atoms with Crippen LogP contribution in [0.1, 0.15) is 16.8 Å². The molecule has 5 nitrogen and oxygen atoms in total. The standard InChI is InChI=1S/C24H17BF3N5/c1-16-4-6-18(7-5-16)24(20-3-2-14-29-20)22-12-13-23(33(22)25(27)28)32-15-21(30-31-32)17-8-10-19(26)11-9-17/h2-15H,1H3/b24-20-. The number of hydrogen-bond acceptors (Lipinski definition) is 3. The quantitative estimate of drug-likeness (QED) is 0.390. The summed E-state index contributed by atoms with van der Waals surface area (Å²) in [7, 11) is -2.83. The molecular formula is C24H17BF3N5. The Kier molecular flexibility index (Phi) is 5.30. The highest BCUT2D eigenvalue weighted by Gasteiger charge is 2.28. The van der Waals surface area contributed by atoms with E-state index in [0.717, 1.165) is 15.6 Å². The van der Waals surface area contributed by atoms with Crippen LogP contribution in [-0.2, 0) is 0 Å². The molecule has 0 saturated carbocycles. The van der Waals surface area contributed by atoms with Crippen LogP contribution in [0.25, 0.3) is 22.6 Å². The monoisotopic (exact) mass is 443 g/mol. The minimum atomic E-state index is -2.83. The average Bonchev–Trinajstić information content (AvgIpc) is 3.57. The van der Waals surface area contributed by atoms with Gasteiger partial charge in [-0.05, 0) is 61.0 Å². The van der Waals surface area contributed by atoms with Gasteiger partial charge in [0.15, 0.2) is 0 Å². The largest absolute Gasteiger partial charge is 0.679 e. The van der Waals surface area contributed by atoms with Crippen LogP contribution in [0.4, 0.5) is 13.0 Å². The number of hydrogen-bond donors (Lipinski definition) is 0. The van der Waals surface area contributed by atoms with Gasteiger partial charge >= 0.3 is 7.40 Å². The van der Waals surface area contributed by atoms with Crippen molar-refractivity contribution in [1.82, 2.24) is 19.5 Å². The summed E-state index contributed by atoms with van der Waals surface area (Å²) in [6, 6.07) is 16.6. The molecule has 0 atom stereocenters. The van der Waals surface area contributed by atoms with Crippen LogP contribution >= 0.6 is 0 Å². The molecule has 2 aromatic heterocycles. The van der Waals surface area contributed by atoms with Crippen molar-refractivity contribution in [3.05, 3.63) is 107 Å². The average molecular weight is 443 g/mol. The van der Waals surface area contributed by atoms with Gasteiger partial charge in [-0.3, -0.25) is 13.6 Å². The first-order chi connectivity index (χ1) is 16.0. The molecule has 5 rings (SSSR count). The van der Waals surface area contributed by atoms with Gasteiger partial charge in [-0.15, -0.1) is 5.10 Å². The molecule has 0 aliphatic carbocycles. The maximum absolute atomic E-state index is 14.4. The fourth-order valence-electron chi connectivity index (χ4n) is 3.76. The van der Waals surface area contributed by atoms with Crippen molar-refractivity contribution in [3.63, 3.8) is 0 Å². The SMILES string of the molecule is Cc1ccc(/C(=C2\C=CC=N2)c2ccc(-n3cc(-c4ccc(F)cc4)nn3)n2B(F)F)cc1. The molecule has 0 saturated heterocycles. The van der Waals surface area contributed by atoms with Crippen molar-refractivity contribution >= 4 is 19.2 Å². The minimum Gasteiger partial charge on any atom is -0.310 e. The van der Waals surface area contributed by atoms with Gasteiger partial charge in [-0.2, -0.15) is 0 Å². The van der Waals surface area contributed by atoms with Crippen LogP contribution in [0.5, 0.6) is 0 Å². The summed E-state index contributed by atoms with van der Waals surface area (Å²) in [5, 5.41) is 8.12. The molecule has 0 radical (unpaired) electrons. The Morgan fingerprint density at radius 3 is 2.36 bits per heavy atom. The summed E-state index contributed by atoms with van der Waals surface area (Å²) in [6.07, 6.45) is 6.73. The molecule has 1 aliphatic heterocycles. The van der Waals surface area contributed by atoms with Gasteiger partial charge in [0.1, 0.15) is 17.3 Å². The molecule has 2 aromatic carbocycles. The van der Waals surface area contributed by atoms with Gasteiger partial charge in [0.25, 0.3) is 0 Å². The molecule has 162 valence electrons. The van der Waals surface area contributed by atoms with Gasteiger partial charge < -0.3 is 4.48 Å². The van der Waals surface area contributed by atoms with Gasteiger partial charge in [0.05, 0.1) is 11.9 Å². The molecule has 0 amide bonds. The lowest BCUT2D eigenvalue weighted by atomic mass is 9.98. The van der Waals surface area contributed by atoms with E-state index in [1.807, 2.05) is 31.2 Å². The number of allylic oxidation sites excluding steroid dienone is 2. The second-order valence-electron chi connectivity index (χ2n) is 7.54. The molecule has 33 heavy (non-hydrogen) atoms. The Bertz CT molecular complexity index is 1380. The number of aliphatic imine (C=N–C) groups is 1. The van der Waals surface area contributed by atoms with Crippen LogP contribution in [-0.4, -0.2) is 33.1 Å². The van der Waals surface area contributed by atoms with E-state index < -0.39 is 7.40 Å². The molecule has 3 heterocycles. The number of halogens is 3. The van der Waals surface area contributed by atoms with Crippen LogP contribution < -0.4 is 0 Å². The molecular weight excluding hydrogens is 426 g/mol. The van der Waals surface area contributed by atoms with E-state index in [-0.39, 0.29) is 11.6 Å². The minimum absolute atomic E-state index is 0.150. The third-order valence-electron chi connectivity index (χ3n) is 5.37. The maximum atomic E-state index is 14.4. The second kappa shape index (κ2) is 8.42. The first-order valence-corrected chi connectivity index (χ1v) is 10.2. The topological polar surface area (TPSA) is 48.0 Å². The van der Waals surface area contributed by atoms with Crippen molar-refractivity contribution in [2.24, 2.45) is 4.99 Å². The smallest absolute Gasteiger partial charge is 0.310 e. The highest BCUT2D eigenvalue weighted by Crippen LogP contribution is 2.33. The molecule has 0 N–H and O–H groups in total. The van der Waals surface area contributed by atoms with Crippen molar-refractivity contribution < 1.29 is 13.0 Å². The number of aromatic nitrogens is 4. The summed E-state index contributed by atoms with van der Waals surface area (Å²) >= 11 is 0. The fourth-order valence-corrected chi connectivity index (χ4v) is 3.76. The lowest BCUT2D eigenvalue weighted by Crippen LogP contribution is -2.20. The highest BCUT2D eigenvalue weighted by molar-refractivity contribution is 6.42. The summed E-state index contributed by atoms with van der Waals surface area (Å²) in [6.45, 7) is 1.97. The Hall–Kier alpha value is -4.14. The zero-order chi connectivity index (χ0) is 22.9. The fraction of sp³-hybridized carbons (Fsp3) is 0.0417. The second-order valence-corrected chi connectivity index (χ2v) is 7.54. The van der Waals surface area contributed by atoms with E-state index in [1.165, 1.54) is 23.0 Å². The van der Waals surface area contributed by atoms with E-state index in [4.69, 9.17) is 0 Å². The van der Waals surface area contributed by atoms with Crippen molar-refractivity contribution in [2.75, 3.05) is 0 Å². The van der Waals surface area contributed by atoms with E-state index in [1.54, 1.807) is 42.6 Å². The van der Waals surface area contributed by atoms with Crippen molar-refractivity contribution in [3.8, 4) is 17.1 Å². The number of benzene rings is 2. The number of aryl methyl sites for hydroxylation is 1. The Morgan fingerprint density at radius 2 is 1.70 bits per heavy atom. The van der Waals surface area contributed by atoms with E-state index >= 15 is 0 Å². The third-order valence-corrected chi connectivity index (χ3v) is 5.37. The predicted molar refractivity (Wildman–Crippen MR) is 123 cm³/mol. The molecule has 0 fully saturated rings. The Labute approximate surface area is 188 Å². The first-order valence-electron chi connectivity index (χ1n) is 10.2. The van der Waals surface area contributed by atoms with Gasteiger partial charge in [-0.1, -0.05) is 35.0 Å². The lowest BCUT2D eigenvalue weighted by molar-refractivity contribution is 0.618. The third kappa shape index (κ3) is 3.93. The van der Waals surface area contributed by atoms with Gasteiger partial charge in [0, 0.05) is 23.0 Å².